The maximum absolute atomic E-state index is 12.3. The summed E-state index contributed by atoms with van der Waals surface area (Å²) in [4.78, 5) is 12.3. The Hall–Kier alpha value is -3.16. The molecule has 2 N–H and O–H groups in total. The number of halogens is 1. The predicted molar refractivity (Wildman–Crippen MR) is 110 cm³/mol. The minimum Gasteiger partial charge on any atom is -0.280 e. The zero-order valence-electron chi connectivity index (χ0n) is 14.5. The van der Waals surface area contributed by atoms with E-state index >= 15 is 0 Å². The lowest BCUT2D eigenvalue weighted by Crippen LogP contribution is -2.18. The quantitative estimate of drug-likeness (QED) is 0.474. The van der Waals surface area contributed by atoms with Gasteiger partial charge in [-0.15, -0.1) is 0 Å². The zero-order chi connectivity index (χ0) is 20.0. The Kier molecular flexibility index (Phi) is 6.08. The van der Waals surface area contributed by atoms with E-state index in [9.17, 15) is 13.2 Å². The molecule has 0 atom stereocenters. The monoisotopic (exact) mass is 413 g/mol. The van der Waals surface area contributed by atoms with Crippen molar-refractivity contribution in [1.82, 2.24) is 5.43 Å². The third kappa shape index (κ3) is 5.18. The molecule has 0 aliphatic rings. The van der Waals surface area contributed by atoms with Crippen molar-refractivity contribution in [1.29, 1.82) is 0 Å². The molecule has 0 unspecified atom stereocenters. The SMILES string of the molecule is O=C(NN=Cc1ccc(Cl)cc1)c1ccc(NS(=O)(=O)c2ccccc2)cc1. The van der Waals surface area contributed by atoms with Gasteiger partial charge < -0.3 is 0 Å². The number of nitrogens with zero attached hydrogens (tertiary/aromatic N) is 1. The van der Waals surface area contributed by atoms with Crippen LogP contribution in [0.2, 0.25) is 5.02 Å². The molecule has 0 bridgehead atoms. The van der Waals surface area contributed by atoms with Crippen LogP contribution in [-0.4, -0.2) is 20.5 Å². The maximum atomic E-state index is 12.3. The minimum atomic E-state index is -3.68. The van der Waals surface area contributed by atoms with Crippen molar-refractivity contribution in [2.75, 3.05) is 4.72 Å². The first-order chi connectivity index (χ1) is 13.4. The summed E-state index contributed by atoms with van der Waals surface area (Å²) in [6, 6.07) is 21.1. The van der Waals surface area contributed by atoms with Crippen LogP contribution in [0.4, 0.5) is 5.69 Å². The summed E-state index contributed by atoms with van der Waals surface area (Å²) < 4.78 is 27.1. The van der Waals surface area contributed by atoms with Crippen LogP contribution in [0.15, 0.2) is 88.9 Å². The van der Waals surface area contributed by atoms with E-state index in [2.05, 4.69) is 15.2 Å². The average molecular weight is 414 g/mol. The Bertz CT molecular complexity index is 1080. The number of nitrogens with one attached hydrogen (secondary N) is 2. The van der Waals surface area contributed by atoms with E-state index in [1.54, 1.807) is 42.5 Å². The number of carbonyl (C=O) groups excluding carboxylic acids is 1. The van der Waals surface area contributed by atoms with Crippen LogP contribution in [-0.2, 0) is 10.0 Å². The number of carbonyl (C=O) groups is 1. The molecular weight excluding hydrogens is 398 g/mol. The van der Waals surface area contributed by atoms with Crippen molar-refractivity contribution in [3.05, 3.63) is 95.0 Å². The summed E-state index contributed by atoms with van der Waals surface area (Å²) in [5, 5.41) is 4.50. The molecule has 8 heteroatoms. The van der Waals surface area contributed by atoms with E-state index in [0.29, 0.717) is 16.3 Å². The number of hydrogen-bond donors (Lipinski definition) is 2. The van der Waals surface area contributed by atoms with E-state index in [0.717, 1.165) is 5.56 Å². The van der Waals surface area contributed by atoms with Gasteiger partial charge in [0.05, 0.1) is 11.1 Å². The highest BCUT2D eigenvalue weighted by atomic mass is 35.5. The van der Waals surface area contributed by atoms with E-state index < -0.39 is 15.9 Å². The van der Waals surface area contributed by atoms with Crippen LogP contribution in [0, 0.1) is 0 Å². The lowest BCUT2D eigenvalue weighted by molar-refractivity contribution is 0.0955. The predicted octanol–water partition coefficient (Wildman–Crippen LogP) is 3.90. The second-order valence-electron chi connectivity index (χ2n) is 5.75. The molecule has 0 fully saturated rings. The highest BCUT2D eigenvalue weighted by Crippen LogP contribution is 2.16. The number of benzene rings is 3. The second kappa shape index (κ2) is 8.69. The first-order valence-electron chi connectivity index (χ1n) is 8.21. The molecule has 0 spiro atoms. The van der Waals surface area contributed by atoms with Gasteiger partial charge in [-0.2, -0.15) is 5.10 Å². The van der Waals surface area contributed by atoms with Crippen LogP contribution < -0.4 is 10.1 Å². The molecule has 142 valence electrons. The van der Waals surface area contributed by atoms with Gasteiger partial charge in [0.15, 0.2) is 0 Å². The Balaban J connectivity index is 1.62. The molecular formula is C20H16ClN3O3S. The molecule has 1 amide bonds. The van der Waals surface area contributed by atoms with Crippen molar-refractivity contribution >= 4 is 39.4 Å². The lowest BCUT2D eigenvalue weighted by atomic mass is 10.2. The lowest BCUT2D eigenvalue weighted by Gasteiger charge is -2.08. The van der Waals surface area contributed by atoms with E-state index in [-0.39, 0.29) is 4.90 Å². The number of rotatable bonds is 6. The molecule has 28 heavy (non-hydrogen) atoms. The number of hydrazone groups is 1. The largest absolute Gasteiger partial charge is 0.280 e. The van der Waals surface area contributed by atoms with Crippen LogP contribution in [0.1, 0.15) is 15.9 Å². The third-order valence-electron chi connectivity index (χ3n) is 3.70. The van der Waals surface area contributed by atoms with Gasteiger partial charge in [-0.1, -0.05) is 41.9 Å². The van der Waals surface area contributed by atoms with E-state index in [1.165, 1.54) is 42.6 Å². The molecule has 0 saturated carbocycles. The van der Waals surface area contributed by atoms with Gasteiger partial charge in [0, 0.05) is 16.3 Å². The van der Waals surface area contributed by atoms with Gasteiger partial charge in [-0.3, -0.25) is 9.52 Å². The average Bonchev–Trinajstić information content (AvgIpc) is 2.70. The Morgan fingerprint density at radius 2 is 1.54 bits per heavy atom. The van der Waals surface area contributed by atoms with E-state index in [1.807, 2.05) is 0 Å². The molecule has 0 radical (unpaired) electrons. The molecule has 0 saturated heterocycles. The Morgan fingerprint density at radius 1 is 0.893 bits per heavy atom. The van der Waals surface area contributed by atoms with E-state index in [4.69, 9.17) is 11.6 Å². The molecule has 0 aliphatic heterocycles. The third-order valence-corrected chi connectivity index (χ3v) is 5.35. The van der Waals surface area contributed by atoms with Crippen LogP contribution in [0.3, 0.4) is 0 Å². The van der Waals surface area contributed by atoms with Crippen LogP contribution >= 0.6 is 11.6 Å². The van der Waals surface area contributed by atoms with Crippen molar-refractivity contribution in [3.63, 3.8) is 0 Å². The van der Waals surface area contributed by atoms with Crippen molar-refractivity contribution < 1.29 is 13.2 Å². The summed E-state index contributed by atoms with van der Waals surface area (Å²) in [6.07, 6.45) is 1.50. The first kappa shape index (κ1) is 19.6. The highest BCUT2D eigenvalue weighted by molar-refractivity contribution is 7.92. The fourth-order valence-corrected chi connectivity index (χ4v) is 3.49. The summed E-state index contributed by atoms with van der Waals surface area (Å²) in [5.41, 5.74) is 3.90. The number of hydrogen-bond acceptors (Lipinski definition) is 4. The van der Waals surface area contributed by atoms with Gasteiger partial charge in [0.25, 0.3) is 15.9 Å². The molecule has 0 heterocycles. The standard InChI is InChI=1S/C20H16ClN3O3S/c21-17-10-6-15(7-11-17)14-22-23-20(25)16-8-12-18(13-9-16)24-28(26,27)19-4-2-1-3-5-19/h1-14,24H,(H,23,25). The second-order valence-corrected chi connectivity index (χ2v) is 7.87. The number of anilines is 1. The van der Waals surface area contributed by atoms with Crippen molar-refractivity contribution in [3.8, 4) is 0 Å². The molecule has 0 aromatic heterocycles. The maximum Gasteiger partial charge on any atom is 0.271 e. The summed E-state index contributed by atoms with van der Waals surface area (Å²) in [6.45, 7) is 0. The zero-order valence-corrected chi connectivity index (χ0v) is 16.1. The van der Waals surface area contributed by atoms with Crippen molar-refractivity contribution in [2.45, 2.75) is 4.90 Å². The summed E-state index contributed by atoms with van der Waals surface area (Å²) in [5.74, 6) is -0.414. The van der Waals surface area contributed by atoms with Gasteiger partial charge in [-0.25, -0.2) is 13.8 Å². The smallest absolute Gasteiger partial charge is 0.271 e. The summed E-state index contributed by atoms with van der Waals surface area (Å²) >= 11 is 5.81. The summed E-state index contributed by atoms with van der Waals surface area (Å²) in [7, 11) is -3.68. The van der Waals surface area contributed by atoms with Gasteiger partial charge in [-0.05, 0) is 54.1 Å². The molecule has 6 nitrogen and oxygen atoms in total. The Labute approximate surface area is 167 Å². The fourth-order valence-electron chi connectivity index (χ4n) is 2.28. The number of amides is 1. The normalized spacial score (nSPS) is 11.3. The molecule has 3 aromatic carbocycles. The molecule has 0 aliphatic carbocycles. The van der Waals surface area contributed by atoms with Crippen LogP contribution in [0.5, 0.6) is 0 Å². The minimum absolute atomic E-state index is 0.161. The van der Waals surface area contributed by atoms with Crippen molar-refractivity contribution in [2.24, 2.45) is 5.10 Å². The van der Waals surface area contributed by atoms with Gasteiger partial charge in [0.1, 0.15) is 0 Å². The number of sulfonamides is 1. The Morgan fingerprint density at radius 3 is 2.18 bits per heavy atom. The molecule has 3 aromatic rings. The van der Waals surface area contributed by atoms with Gasteiger partial charge >= 0.3 is 0 Å². The topological polar surface area (TPSA) is 87.6 Å². The fraction of sp³-hybridized carbons (Fsp3) is 0. The first-order valence-corrected chi connectivity index (χ1v) is 10.1. The highest BCUT2D eigenvalue weighted by Gasteiger charge is 2.13. The van der Waals surface area contributed by atoms with Crippen LogP contribution in [0.25, 0.3) is 0 Å². The van der Waals surface area contributed by atoms with Gasteiger partial charge in [0.2, 0.25) is 0 Å². The molecule has 3 rings (SSSR count).